The Balaban J connectivity index is 2.47. The van der Waals surface area contributed by atoms with Gasteiger partial charge in [-0.15, -0.1) is 0 Å². The van der Waals surface area contributed by atoms with E-state index in [1.165, 1.54) is 5.56 Å². The first-order valence-corrected chi connectivity index (χ1v) is 8.64. The van der Waals surface area contributed by atoms with E-state index in [-0.39, 0.29) is 17.0 Å². The van der Waals surface area contributed by atoms with Crippen molar-refractivity contribution in [3.63, 3.8) is 0 Å². The van der Waals surface area contributed by atoms with Crippen LogP contribution in [0, 0.1) is 0 Å². The largest absolute Gasteiger partial charge is 0.353 e. The van der Waals surface area contributed by atoms with E-state index in [0.717, 1.165) is 6.54 Å². The van der Waals surface area contributed by atoms with Crippen molar-refractivity contribution in [2.75, 3.05) is 11.5 Å². The molecule has 0 fully saturated rings. The molecule has 1 heterocycles. The monoisotopic (exact) mass is 286 g/mol. The molecule has 1 N–H and O–H groups in total. The quantitative estimate of drug-likeness (QED) is 0.836. The van der Waals surface area contributed by atoms with Crippen LogP contribution >= 0.6 is 0 Å². The van der Waals surface area contributed by atoms with Crippen LogP contribution in [0.25, 0.3) is 0 Å². The number of hydrogen-bond donors (Lipinski definition) is 1. The van der Waals surface area contributed by atoms with Crippen molar-refractivity contribution in [3.8, 4) is 0 Å². The molecule has 5 heteroatoms. The van der Waals surface area contributed by atoms with E-state index < -0.39 is 9.84 Å². The Morgan fingerprint density at radius 1 is 1.26 bits per heavy atom. The third-order valence-corrected chi connectivity index (χ3v) is 4.65. The first-order chi connectivity index (χ1) is 8.72. The SMILES string of the molecule is CCCS(=O)(=O)CCn1ccc(CNC(C)(C)C)c1. The van der Waals surface area contributed by atoms with Gasteiger partial charge in [-0.3, -0.25) is 0 Å². The van der Waals surface area contributed by atoms with Crippen LogP contribution in [-0.4, -0.2) is 30.0 Å². The standard InChI is InChI=1S/C14H26N2O2S/c1-5-9-19(17,18)10-8-16-7-6-13(12-16)11-15-14(2,3)4/h6-7,12,15H,5,8-11H2,1-4H3. The summed E-state index contributed by atoms with van der Waals surface area (Å²) in [6, 6.07) is 2.03. The van der Waals surface area contributed by atoms with E-state index >= 15 is 0 Å². The minimum atomic E-state index is -2.89. The maximum absolute atomic E-state index is 11.6. The molecule has 0 aromatic carbocycles. The number of nitrogens with zero attached hydrogens (tertiary/aromatic N) is 1. The van der Waals surface area contributed by atoms with Crippen molar-refractivity contribution in [2.45, 2.75) is 52.7 Å². The number of hydrogen-bond acceptors (Lipinski definition) is 3. The average molecular weight is 286 g/mol. The Kier molecular flexibility index (Phi) is 5.62. The van der Waals surface area contributed by atoms with Gasteiger partial charge in [-0.25, -0.2) is 8.42 Å². The van der Waals surface area contributed by atoms with E-state index in [9.17, 15) is 8.42 Å². The van der Waals surface area contributed by atoms with Gasteiger partial charge in [-0.1, -0.05) is 6.92 Å². The van der Waals surface area contributed by atoms with Crippen LogP contribution in [0.4, 0.5) is 0 Å². The lowest BCUT2D eigenvalue weighted by Crippen LogP contribution is -2.34. The van der Waals surface area contributed by atoms with Crippen LogP contribution in [0.2, 0.25) is 0 Å². The summed E-state index contributed by atoms with van der Waals surface area (Å²) in [4.78, 5) is 0. The Labute approximate surface area is 117 Å². The molecule has 0 atom stereocenters. The molecule has 1 aromatic rings. The maximum atomic E-state index is 11.6. The minimum Gasteiger partial charge on any atom is -0.353 e. The van der Waals surface area contributed by atoms with Crippen molar-refractivity contribution >= 4 is 9.84 Å². The highest BCUT2D eigenvalue weighted by atomic mass is 32.2. The predicted octanol–water partition coefficient (Wildman–Crippen LogP) is 2.20. The molecule has 0 aliphatic carbocycles. The first kappa shape index (κ1) is 16.2. The highest BCUT2D eigenvalue weighted by Crippen LogP contribution is 2.06. The lowest BCUT2D eigenvalue weighted by atomic mass is 10.1. The topological polar surface area (TPSA) is 51.1 Å². The van der Waals surface area contributed by atoms with E-state index in [1.807, 2.05) is 30.0 Å². The minimum absolute atomic E-state index is 0.0898. The van der Waals surface area contributed by atoms with Gasteiger partial charge in [-0.2, -0.15) is 0 Å². The zero-order valence-electron chi connectivity index (χ0n) is 12.4. The lowest BCUT2D eigenvalue weighted by Gasteiger charge is -2.19. The number of aryl methyl sites for hydroxylation is 1. The molecule has 0 radical (unpaired) electrons. The van der Waals surface area contributed by atoms with Gasteiger partial charge in [0.25, 0.3) is 0 Å². The first-order valence-electron chi connectivity index (χ1n) is 6.82. The number of sulfone groups is 1. The summed E-state index contributed by atoms with van der Waals surface area (Å²) in [5.41, 5.74) is 1.27. The van der Waals surface area contributed by atoms with Gasteiger partial charge in [0.05, 0.1) is 5.75 Å². The zero-order valence-corrected chi connectivity index (χ0v) is 13.3. The third-order valence-electron chi connectivity index (χ3n) is 2.81. The summed E-state index contributed by atoms with van der Waals surface area (Å²) in [5, 5.41) is 3.41. The molecule has 0 unspecified atom stereocenters. The molecule has 110 valence electrons. The van der Waals surface area contributed by atoms with Crippen LogP contribution in [0.15, 0.2) is 18.5 Å². The molecule has 0 aliphatic heterocycles. The summed E-state index contributed by atoms with van der Waals surface area (Å²) >= 11 is 0. The normalized spacial score (nSPS) is 12.8. The second-order valence-electron chi connectivity index (χ2n) is 6.01. The Morgan fingerprint density at radius 3 is 2.53 bits per heavy atom. The van der Waals surface area contributed by atoms with E-state index in [0.29, 0.717) is 13.0 Å². The Hall–Kier alpha value is -0.810. The summed E-state index contributed by atoms with van der Waals surface area (Å²) in [6.07, 6.45) is 4.65. The van der Waals surface area contributed by atoms with Gasteiger partial charge in [0, 0.05) is 36.8 Å². The molecule has 19 heavy (non-hydrogen) atoms. The molecule has 1 rings (SSSR count). The van der Waals surface area contributed by atoms with Crippen LogP contribution in [0.3, 0.4) is 0 Å². The van der Waals surface area contributed by atoms with Crippen molar-refractivity contribution in [3.05, 3.63) is 24.0 Å². The van der Waals surface area contributed by atoms with E-state index in [4.69, 9.17) is 0 Å². The molecule has 4 nitrogen and oxygen atoms in total. The third kappa shape index (κ3) is 6.78. The number of aromatic nitrogens is 1. The van der Waals surface area contributed by atoms with Crippen molar-refractivity contribution in [1.82, 2.24) is 9.88 Å². The maximum Gasteiger partial charge on any atom is 0.152 e. The van der Waals surface area contributed by atoms with Crippen LogP contribution in [0.5, 0.6) is 0 Å². The fourth-order valence-electron chi connectivity index (χ4n) is 1.76. The number of nitrogens with one attached hydrogen (secondary N) is 1. The summed E-state index contributed by atoms with van der Waals surface area (Å²) in [6.45, 7) is 9.61. The molecule has 0 spiro atoms. The van der Waals surface area contributed by atoms with Gasteiger partial charge in [0.2, 0.25) is 0 Å². The summed E-state index contributed by atoms with van der Waals surface area (Å²) in [5.74, 6) is 0.508. The van der Waals surface area contributed by atoms with E-state index in [1.54, 1.807) is 0 Å². The molecule has 0 saturated heterocycles. The highest BCUT2D eigenvalue weighted by Gasteiger charge is 2.11. The van der Waals surface area contributed by atoms with E-state index in [2.05, 4.69) is 26.1 Å². The van der Waals surface area contributed by atoms with Crippen molar-refractivity contribution in [2.24, 2.45) is 0 Å². The molecule has 0 saturated carbocycles. The number of rotatable bonds is 7. The molecule has 0 aliphatic rings. The molecular weight excluding hydrogens is 260 g/mol. The van der Waals surface area contributed by atoms with Crippen molar-refractivity contribution < 1.29 is 8.42 Å². The molecule has 1 aromatic heterocycles. The summed E-state index contributed by atoms with van der Waals surface area (Å²) in [7, 11) is -2.89. The Bertz CT molecular complexity index is 484. The summed E-state index contributed by atoms with van der Waals surface area (Å²) < 4.78 is 25.2. The zero-order chi connectivity index (χ0) is 14.5. The average Bonchev–Trinajstić information content (AvgIpc) is 2.71. The fraction of sp³-hybridized carbons (Fsp3) is 0.714. The molecule has 0 bridgehead atoms. The molecular formula is C14H26N2O2S. The van der Waals surface area contributed by atoms with Crippen LogP contribution in [0.1, 0.15) is 39.7 Å². The van der Waals surface area contributed by atoms with Gasteiger partial charge >= 0.3 is 0 Å². The lowest BCUT2D eigenvalue weighted by molar-refractivity contribution is 0.424. The van der Waals surface area contributed by atoms with Gasteiger partial charge in [-0.05, 0) is 38.8 Å². The van der Waals surface area contributed by atoms with Gasteiger partial charge < -0.3 is 9.88 Å². The second-order valence-corrected chi connectivity index (χ2v) is 8.32. The van der Waals surface area contributed by atoms with Crippen LogP contribution < -0.4 is 5.32 Å². The van der Waals surface area contributed by atoms with Crippen molar-refractivity contribution in [1.29, 1.82) is 0 Å². The van der Waals surface area contributed by atoms with Gasteiger partial charge in [0.15, 0.2) is 9.84 Å². The van der Waals surface area contributed by atoms with Crippen LogP contribution in [-0.2, 0) is 22.9 Å². The Morgan fingerprint density at radius 2 is 1.95 bits per heavy atom. The second kappa shape index (κ2) is 6.57. The fourth-order valence-corrected chi connectivity index (χ4v) is 3.07. The predicted molar refractivity (Wildman–Crippen MR) is 80.0 cm³/mol. The highest BCUT2D eigenvalue weighted by molar-refractivity contribution is 7.91. The van der Waals surface area contributed by atoms with Gasteiger partial charge in [0.1, 0.15) is 0 Å². The molecule has 0 amide bonds. The smallest absolute Gasteiger partial charge is 0.152 e.